The van der Waals surface area contributed by atoms with E-state index in [0.29, 0.717) is 19.3 Å². The summed E-state index contributed by atoms with van der Waals surface area (Å²) in [5, 5.41) is 0. The number of carbonyl (C=O) groups excluding carboxylic acids is 3. The Bertz CT molecular complexity index is 1240. The first-order valence-corrected chi connectivity index (χ1v) is 26.1. The molecule has 0 heterocycles. The summed E-state index contributed by atoms with van der Waals surface area (Å²) in [5.74, 6) is -0.944. The maximum Gasteiger partial charge on any atom is 0.306 e. The van der Waals surface area contributed by atoms with Crippen molar-refractivity contribution >= 4 is 17.9 Å². The maximum absolute atomic E-state index is 12.8. The van der Waals surface area contributed by atoms with Gasteiger partial charge in [-0.1, -0.05) is 202 Å². The molecule has 1 unspecified atom stereocenters. The first-order valence-electron chi connectivity index (χ1n) is 26.1. The zero-order valence-corrected chi connectivity index (χ0v) is 41.1. The van der Waals surface area contributed by atoms with Gasteiger partial charge in [0, 0.05) is 19.3 Å². The molecule has 0 saturated carbocycles. The van der Waals surface area contributed by atoms with Gasteiger partial charge in [0.2, 0.25) is 0 Å². The molecule has 0 bridgehead atoms. The average Bonchev–Trinajstić information content (AvgIpc) is 3.28. The van der Waals surface area contributed by atoms with Crippen LogP contribution in [0.25, 0.3) is 0 Å². The van der Waals surface area contributed by atoms with E-state index in [1.807, 2.05) is 0 Å². The minimum Gasteiger partial charge on any atom is -0.462 e. The predicted octanol–water partition coefficient (Wildman–Crippen LogP) is 17.2. The Kier molecular flexibility index (Phi) is 48.5. The highest BCUT2D eigenvalue weighted by Gasteiger charge is 2.19. The molecule has 360 valence electrons. The van der Waals surface area contributed by atoms with Crippen molar-refractivity contribution in [2.24, 2.45) is 0 Å². The van der Waals surface area contributed by atoms with E-state index in [9.17, 15) is 14.4 Å². The number of unbranched alkanes of at least 4 members (excludes halogenated alkanes) is 23. The zero-order chi connectivity index (χ0) is 45.8. The molecule has 0 fully saturated rings. The van der Waals surface area contributed by atoms with Crippen molar-refractivity contribution in [3.8, 4) is 0 Å². The minimum absolute atomic E-state index is 0.0970. The van der Waals surface area contributed by atoms with Crippen molar-refractivity contribution in [1.82, 2.24) is 0 Å². The number of hydrogen-bond donors (Lipinski definition) is 0. The molecular weight excluding hydrogens is 781 g/mol. The first kappa shape index (κ1) is 59.6. The van der Waals surface area contributed by atoms with E-state index in [4.69, 9.17) is 14.2 Å². The van der Waals surface area contributed by atoms with E-state index >= 15 is 0 Å². The molecule has 0 aliphatic carbocycles. The molecule has 6 heteroatoms. The van der Waals surface area contributed by atoms with E-state index < -0.39 is 6.10 Å². The van der Waals surface area contributed by atoms with Gasteiger partial charge in [-0.25, -0.2) is 0 Å². The fourth-order valence-electron chi connectivity index (χ4n) is 6.90. The van der Waals surface area contributed by atoms with Crippen LogP contribution >= 0.6 is 0 Å². The standard InChI is InChI=1S/C57H96O6/c1-4-7-10-13-16-19-22-25-28-31-34-37-40-43-46-49-55(58)61-52-54(63-57(60)51-48-45-42-39-36-33-30-27-24-21-18-15-12-9-6-3)53-62-56(59)50-47-44-41-38-35-32-29-26-23-20-17-14-11-8-5-2/h13,16-22,25-30,54H,4-12,14-15,23-24,31-53H2,1-3H3. The largest absolute Gasteiger partial charge is 0.462 e. The molecule has 0 saturated heterocycles. The first-order chi connectivity index (χ1) is 31.0. The lowest BCUT2D eigenvalue weighted by atomic mass is 10.1. The van der Waals surface area contributed by atoms with Crippen molar-refractivity contribution in [2.45, 2.75) is 245 Å². The molecule has 0 aromatic carbocycles. The van der Waals surface area contributed by atoms with Crippen LogP contribution in [0.15, 0.2) is 85.1 Å². The molecule has 0 N–H and O–H groups in total. The smallest absolute Gasteiger partial charge is 0.306 e. The van der Waals surface area contributed by atoms with Crippen LogP contribution in [0.1, 0.15) is 239 Å². The number of rotatable bonds is 46. The summed E-state index contributed by atoms with van der Waals surface area (Å²) in [6.45, 7) is 6.49. The van der Waals surface area contributed by atoms with Gasteiger partial charge in [-0.05, 0) is 103 Å². The SMILES string of the molecule is CCCCC=CC=CC=CCCCCCCCC(=O)OCC(COC(=O)CCCCCCCC=CCC=CCCCCC)OC(=O)CCCCCCCC=CCC=CCCCCC. The Balaban J connectivity index is 4.48. The second-order valence-electron chi connectivity index (χ2n) is 17.1. The third-order valence-corrected chi connectivity index (χ3v) is 10.9. The number of allylic oxidation sites excluding steroid dienone is 14. The van der Waals surface area contributed by atoms with Crippen LogP contribution in [-0.2, 0) is 28.6 Å². The lowest BCUT2D eigenvalue weighted by Crippen LogP contribution is -2.30. The van der Waals surface area contributed by atoms with E-state index in [2.05, 4.69) is 106 Å². The van der Waals surface area contributed by atoms with Gasteiger partial charge in [0.15, 0.2) is 6.10 Å². The number of hydrogen-bond acceptors (Lipinski definition) is 6. The maximum atomic E-state index is 12.8. The Morgan fingerprint density at radius 1 is 0.333 bits per heavy atom. The highest BCUT2D eigenvalue weighted by molar-refractivity contribution is 5.71. The fraction of sp³-hybridized carbons (Fsp3) is 0.702. The van der Waals surface area contributed by atoms with Crippen molar-refractivity contribution < 1.29 is 28.6 Å². The molecule has 6 nitrogen and oxygen atoms in total. The third-order valence-electron chi connectivity index (χ3n) is 10.9. The van der Waals surface area contributed by atoms with Gasteiger partial charge in [0.25, 0.3) is 0 Å². The molecule has 0 spiro atoms. The lowest BCUT2D eigenvalue weighted by molar-refractivity contribution is -0.167. The molecule has 1 atom stereocenters. The second-order valence-corrected chi connectivity index (χ2v) is 17.1. The summed E-state index contributed by atoms with van der Waals surface area (Å²) in [5.41, 5.74) is 0. The van der Waals surface area contributed by atoms with Gasteiger partial charge >= 0.3 is 17.9 Å². The van der Waals surface area contributed by atoms with Crippen LogP contribution < -0.4 is 0 Å². The average molecular weight is 877 g/mol. The van der Waals surface area contributed by atoms with Crippen LogP contribution in [0, 0.1) is 0 Å². The summed E-state index contributed by atoms with van der Waals surface area (Å²) in [4.78, 5) is 38.0. The molecular formula is C57H96O6. The number of esters is 3. The van der Waals surface area contributed by atoms with Crippen LogP contribution in [0.2, 0.25) is 0 Å². The quantitative estimate of drug-likeness (QED) is 0.0199. The molecule has 0 rings (SSSR count). The van der Waals surface area contributed by atoms with Gasteiger partial charge in [-0.15, -0.1) is 0 Å². The molecule has 0 radical (unpaired) electrons. The van der Waals surface area contributed by atoms with Crippen LogP contribution in [0.4, 0.5) is 0 Å². The van der Waals surface area contributed by atoms with Crippen molar-refractivity contribution in [1.29, 1.82) is 0 Å². The van der Waals surface area contributed by atoms with Gasteiger partial charge in [-0.3, -0.25) is 14.4 Å². The normalized spacial score (nSPS) is 12.7. The third kappa shape index (κ3) is 49.5. The molecule has 0 aliphatic rings. The van der Waals surface area contributed by atoms with E-state index in [-0.39, 0.29) is 31.1 Å². The van der Waals surface area contributed by atoms with Crippen molar-refractivity contribution in [3.05, 3.63) is 85.1 Å². The molecule has 0 aromatic heterocycles. The summed E-state index contributed by atoms with van der Waals surface area (Å²) >= 11 is 0. The Morgan fingerprint density at radius 3 is 1.05 bits per heavy atom. The monoisotopic (exact) mass is 877 g/mol. The van der Waals surface area contributed by atoms with E-state index in [0.717, 1.165) is 135 Å². The second kappa shape index (κ2) is 51.2. The predicted molar refractivity (Wildman–Crippen MR) is 270 cm³/mol. The highest BCUT2D eigenvalue weighted by atomic mass is 16.6. The van der Waals surface area contributed by atoms with Gasteiger partial charge < -0.3 is 14.2 Å². The number of ether oxygens (including phenoxy) is 3. The summed E-state index contributed by atoms with van der Waals surface area (Å²) < 4.78 is 16.8. The fourth-order valence-corrected chi connectivity index (χ4v) is 6.90. The summed E-state index contributed by atoms with van der Waals surface area (Å²) in [7, 11) is 0. The van der Waals surface area contributed by atoms with Gasteiger partial charge in [0.1, 0.15) is 13.2 Å². The minimum atomic E-state index is -0.798. The number of carbonyl (C=O) groups is 3. The molecule has 63 heavy (non-hydrogen) atoms. The summed E-state index contributed by atoms with van der Waals surface area (Å²) in [6, 6.07) is 0. The zero-order valence-electron chi connectivity index (χ0n) is 41.1. The topological polar surface area (TPSA) is 78.9 Å². The van der Waals surface area contributed by atoms with Crippen LogP contribution in [0.3, 0.4) is 0 Å². The summed E-state index contributed by atoms with van der Waals surface area (Å²) in [6.07, 6.45) is 65.5. The highest BCUT2D eigenvalue weighted by Crippen LogP contribution is 2.13. The molecule has 0 aromatic rings. The van der Waals surface area contributed by atoms with E-state index in [1.54, 1.807) is 0 Å². The van der Waals surface area contributed by atoms with Crippen molar-refractivity contribution in [3.63, 3.8) is 0 Å². The van der Waals surface area contributed by atoms with Crippen LogP contribution in [-0.4, -0.2) is 37.2 Å². The molecule has 0 amide bonds. The Labute approximate surface area is 388 Å². The molecule has 0 aliphatic heterocycles. The van der Waals surface area contributed by atoms with E-state index in [1.165, 1.54) is 64.2 Å². The van der Waals surface area contributed by atoms with Crippen LogP contribution in [0.5, 0.6) is 0 Å². The van der Waals surface area contributed by atoms with Gasteiger partial charge in [0.05, 0.1) is 0 Å². The Morgan fingerprint density at radius 2 is 0.651 bits per heavy atom. The van der Waals surface area contributed by atoms with Gasteiger partial charge in [-0.2, -0.15) is 0 Å². The lowest BCUT2D eigenvalue weighted by Gasteiger charge is -2.18. The van der Waals surface area contributed by atoms with Crippen molar-refractivity contribution in [2.75, 3.05) is 13.2 Å². The Hall–Kier alpha value is -3.41.